The van der Waals surface area contributed by atoms with Crippen LogP contribution in [0.5, 0.6) is 0 Å². The predicted octanol–water partition coefficient (Wildman–Crippen LogP) is 2.31. The topological polar surface area (TPSA) is 41.1 Å². The van der Waals surface area contributed by atoms with Crippen LogP contribution in [-0.2, 0) is 11.2 Å². The van der Waals surface area contributed by atoms with Crippen LogP contribution < -0.4 is 10.6 Å². The average molecular weight is 317 g/mol. The highest BCUT2D eigenvalue weighted by Crippen LogP contribution is 2.22. The molecule has 5 heteroatoms. The third-order valence-corrected chi connectivity index (χ3v) is 4.61. The van der Waals surface area contributed by atoms with Crippen molar-refractivity contribution in [1.29, 1.82) is 0 Å². The molecular formula is C12H17BrN2OS. The molecule has 0 radical (unpaired) electrons. The van der Waals surface area contributed by atoms with Gasteiger partial charge < -0.3 is 10.6 Å². The van der Waals surface area contributed by atoms with Crippen LogP contribution >= 0.6 is 27.3 Å². The molecular weight excluding hydrogens is 300 g/mol. The summed E-state index contributed by atoms with van der Waals surface area (Å²) in [5.74, 6) is 0.162. The Balaban J connectivity index is 1.75. The molecule has 0 bridgehead atoms. The van der Waals surface area contributed by atoms with Gasteiger partial charge in [0.2, 0.25) is 5.91 Å². The minimum Gasteiger partial charge on any atom is -0.355 e. The summed E-state index contributed by atoms with van der Waals surface area (Å²) < 4.78 is 1.17. The van der Waals surface area contributed by atoms with E-state index in [0.717, 1.165) is 38.8 Å². The highest BCUT2D eigenvalue weighted by Gasteiger charge is 2.19. The van der Waals surface area contributed by atoms with Gasteiger partial charge in [0.25, 0.3) is 0 Å². The molecule has 1 amide bonds. The number of nitrogens with one attached hydrogen (secondary N) is 2. The second-order valence-electron chi connectivity index (χ2n) is 4.25. The molecule has 1 saturated heterocycles. The van der Waals surface area contributed by atoms with Crippen LogP contribution in [0.2, 0.25) is 0 Å². The zero-order chi connectivity index (χ0) is 12.1. The van der Waals surface area contributed by atoms with E-state index < -0.39 is 0 Å². The molecule has 2 rings (SSSR count). The van der Waals surface area contributed by atoms with Crippen molar-refractivity contribution in [3.63, 3.8) is 0 Å². The highest BCUT2D eigenvalue weighted by atomic mass is 79.9. The number of thiophene rings is 1. The van der Waals surface area contributed by atoms with Gasteiger partial charge in [-0.3, -0.25) is 4.79 Å². The molecule has 0 aromatic carbocycles. The number of hydrogen-bond acceptors (Lipinski definition) is 3. The molecule has 1 aromatic heterocycles. The monoisotopic (exact) mass is 316 g/mol. The molecule has 2 N–H and O–H groups in total. The zero-order valence-corrected chi connectivity index (χ0v) is 12.1. The molecule has 0 spiro atoms. The van der Waals surface area contributed by atoms with Crippen LogP contribution in [0.4, 0.5) is 0 Å². The summed E-state index contributed by atoms with van der Waals surface area (Å²) in [6.45, 7) is 1.69. The Morgan fingerprint density at radius 1 is 1.47 bits per heavy atom. The quantitative estimate of drug-likeness (QED) is 0.895. The molecule has 3 nitrogen and oxygen atoms in total. The first kappa shape index (κ1) is 13.1. The second-order valence-corrected chi connectivity index (χ2v) is 6.80. The molecule has 17 heavy (non-hydrogen) atoms. The second kappa shape index (κ2) is 6.52. The highest BCUT2D eigenvalue weighted by molar-refractivity contribution is 9.11. The Labute approximate surface area is 114 Å². The Hall–Kier alpha value is -0.390. The van der Waals surface area contributed by atoms with Crippen molar-refractivity contribution in [3.05, 3.63) is 20.8 Å². The maximum absolute atomic E-state index is 11.7. The Morgan fingerprint density at radius 3 is 3.12 bits per heavy atom. The van der Waals surface area contributed by atoms with Crippen molar-refractivity contribution in [1.82, 2.24) is 10.6 Å². The van der Waals surface area contributed by atoms with Crippen molar-refractivity contribution in [2.75, 3.05) is 13.1 Å². The number of carbonyl (C=O) groups is 1. The molecule has 1 aliphatic rings. The molecule has 94 valence electrons. The SMILES string of the molecule is O=C1NCCCCC1NCCc1ccc(Br)s1. The van der Waals surface area contributed by atoms with E-state index in [4.69, 9.17) is 0 Å². The van der Waals surface area contributed by atoms with Gasteiger partial charge in [-0.1, -0.05) is 0 Å². The molecule has 1 aliphatic heterocycles. The van der Waals surface area contributed by atoms with Gasteiger partial charge in [-0.2, -0.15) is 0 Å². The van der Waals surface area contributed by atoms with E-state index in [-0.39, 0.29) is 11.9 Å². The van der Waals surface area contributed by atoms with E-state index in [2.05, 4.69) is 38.7 Å². The number of amides is 1. The third kappa shape index (κ3) is 4.08. The lowest BCUT2D eigenvalue weighted by Crippen LogP contribution is -2.43. The van der Waals surface area contributed by atoms with Gasteiger partial charge in [-0.05, 0) is 53.7 Å². The first-order valence-electron chi connectivity index (χ1n) is 6.01. The predicted molar refractivity (Wildman–Crippen MR) is 74.4 cm³/mol. The Bertz CT molecular complexity index is 380. The van der Waals surface area contributed by atoms with E-state index >= 15 is 0 Å². The van der Waals surface area contributed by atoms with Crippen LogP contribution in [0.25, 0.3) is 0 Å². The largest absolute Gasteiger partial charge is 0.355 e. The maximum atomic E-state index is 11.7. The van der Waals surface area contributed by atoms with Crippen molar-refractivity contribution in [3.8, 4) is 0 Å². The summed E-state index contributed by atoms with van der Waals surface area (Å²) in [5.41, 5.74) is 0. The van der Waals surface area contributed by atoms with E-state index in [1.54, 1.807) is 11.3 Å². The fourth-order valence-corrected chi connectivity index (χ4v) is 3.47. The normalized spacial score (nSPS) is 21.0. The molecule has 1 aromatic rings. The number of rotatable bonds is 4. The van der Waals surface area contributed by atoms with Crippen molar-refractivity contribution >= 4 is 33.2 Å². The first-order valence-corrected chi connectivity index (χ1v) is 7.62. The minimum atomic E-state index is 0.000836. The smallest absolute Gasteiger partial charge is 0.237 e. The lowest BCUT2D eigenvalue weighted by atomic mass is 10.1. The van der Waals surface area contributed by atoms with E-state index in [1.807, 2.05) is 0 Å². The minimum absolute atomic E-state index is 0.000836. The lowest BCUT2D eigenvalue weighted by molar-refractivity contribution is -0.122. The molecule has 1 fully saturated rings. The van der Waals surface area contributed by atoms with Crippen LogP contribution in [0.1, 0.15) is 24.1 Å². The van der Waals surface area contributed by atoms with Crippen LogP contribution in [-0.4, -0.2) is 25.0 Å². The van der Waals surface area contributed by atoms with Gasteiger partial charge in [0.1, 0.15) is 0 Å². The summed E-state index contributed by atoms with van der Waals surface area (Å²) in [7, 11) is 0. The summed E-state index contributed by atoms with van der Waals surface area (Å²) in [6.07, 6.45) is 4.17. The molecule has 1 atom stereocenters. The lowest BCUT2D eigenvalue weighted by Gasteiger charge is -2.14. The molecule has 1 unspecified atom stereocenters. The van der Waals surface area contributed by atoms with Gasteiger partial charge in [0.15, 0.2) is 0 Å². The standard InChI is InChI=1S/C12H17BrN2OS/c13-11-5-4-9(17-11)6-8-14-10-3-1-2-7-15-12(10)16/h4-5,10,14H,1-3,6-8H2,(H,15,16). The third-order valence-electron chi connectivity index (χ3n) is 2.93. The zero-order valence-electron chi connectivity index (χ0n) is 9.67. The average Bonchev–Trinajstić information content (AvgIpc) is 2.61. The van der Waals surface area contributed by atoms with Crippen molar-refractivity contribution in [2.24, 2.45) is 0 Å². The van der Waals surface area contributed by atoms with E-state index in [1.165, 1.54) is 8.66 Å². The summed E-state index contributed by atoms with van der Waals surface area (Å²) >= 11 is 5.21. The number of hydrogen-bond donors (Lipinski definition) is 2. The summed E-state index contributed by atoms with van der Waals surface area (Å²) in [5, 5.41) is 6.29. The molecule has 0 saturated carbocycles. The number of carbonyl (C=O) groups excluding carboxylic acids is 1. The molecule has 0 aliphatic carbocycles. The fraction of sp³-hybridized carbons (Fsp3) is 0.583. The van der Waals surface area contributed by atoms with Gasteiger partial charge >= 0.3 is 0 Å². The van der Waals surface area contributed by atoms with Crippen LogP contribution in [0, 0.1) is 0 Å². The van der Waals surface area contributed by atoms with Crippen LogP contribution in [0.15, 0.2) is 15.9 Å². The maximum Gasteiger partial charge on any atom is 0.237 e. The van der Waals surface area contributed by atoms with E-state index in [0.29, 0.717) is 0 Å². The van der Waals surface area contributed by atoms with Gasteiger partial charge in [0, 0.05) is 18.0 Å². The summed E-state index contributed by atoms with van der Waals surface area (Å²) in [6, 6.07) is 4.20. The van der Waals surface area contributed by atoms with Gasteiger partial charge in [-0.25, -0.2) is 0 Å². The number of halogens is 1. The first-order chi connectivity index (χ1) is 8.25. The Morgan fingerprint density at radius 2 is 2.35 bits per heavy atom. The van der Waals surface area contributed by atoms with Crippen molar-refractivity contribution in [2.45, 2.75) is 31.7 Å². The van der Waals surface area contributed by atoms with Gasteiger partial charge in [-0.15, -0.1) is 11.3 Å². The van der Waals surface area contributed by atoms with Crippen LogP contribution in [0.3, 0.4) is 0 Å². The summed E-state index contributed by atoms with van der Waals surface area (Å²) in [4.78, 5) is 13.0. The Kier molecular flexibility index (Phi) is 5.00. The van der Waals surface area contributed by atoms with Gasteiger partial charge in [0.05, 0.1) is 9.83 Å². The fourth-order valence-electron chi connectivity index (χ4n) is 1.99. The van der Waals surface area contributed by atoms with Crippen molar-refractivity contribution < 1.29 is 4.79 Å². The molecule has 2 heterocycles. The van der Waals surface area contributed by atoms with E-state index in [9.17, 15) is 4.79 Å².